The van der Waals surface area contributed by atoms with E-state index in [-0.39, 0.29) is 18.4 Å². The molecule has 0 atom stereocenters. The third-order valence-electron chi connectivity index (χ3n) is 2.14. The zero-order valence-electron chi connectivity index (χ0n) is 9.21. The molecule has 0 saturated carbocycles. The topological polar surface area (TPSA) is 29.5 Å². The van der Waals surface area contributed by atoms with Crippen molar-refractivity contribution in [2.24, 2.45) is 5.41 Å². The molecule has 1 aliphatic heterocycles. The van der Waals surface area contributed by atoms with E-state index in [1.54, 1.807) is 5.06 Å². The fraction of sp³-hybridized carbons (Fsp3) is 0.900. The van der Waals surface area contributed by atoms with Gasteiger partial charge in [0.15, 0.2) is 0 Å². The summed E-state index contributed by atoms with van der Waals surface area (Å²) in [6.07, 6.45) is 3.53. The fourth-order valence-electron chi connectivity index (χ4n) is 1.21. The zero-order valence-corrected chi connectivity index (χ0v) is 10.0. The lowest BCUT2D eigenvalue weighted by Crippen LogP contribution is -2.36. The molecule has 1 rings (SSSR count). The second-order valence-electron chi connectivity index (χ2n) is 4.62. The van der Waals surface area contributed by atoms with Crippen LogP contribution in [0.2, 0.25) is 0 Å². The second kappa shape index (κ2) is 5.56. The Morgan fingerprint density at radius 1 is 1.14 bits per heavy atom. The van der Waals surface area contributed by atoms with Crippen molar-refractivity contribution in [3.8, 4) is 0 Å². The van der Waals surface area contributed by atoms with Gasteiger partial charge in [0.2, 0.25) is 0 Å². The molecule has 0 amide bonds. The van der Waals surface area contributed by atoms with Crippen LogP contribution < -0.4 is 0 Å². The largest absolute Gasteiger partial charge is 0.367 e. The molecule has 0 unspecified atom stereocenters. The Kier molecular flexibility index (Phi) is 5.45. The minimum Gasteiger partial charge on any atom is -0.367 e. The number of hydrogen-bond acceptors (Lipinski definition) is 3. The number of halogens is 1. The summed E-state index contributed by atoms with van der Waals surface area (Å²) in [5.41, 5.74) is -0.391. The number of rotatable bonds is 1. The third-order valence-corrected chi connectivity index (χ3v) is 2.14. The van der Waals surface area contributed by atoms with Crippen LogP contribution in [0, 0.1) is 5.41 Å². The van der Waals surface area contributed by atoms with Gasteiger partial charge in [0.25, 0.3) is 0 Å². The second-order valence-corrected chi connectivity index (χ2v) is 4.62. The highest BCUT2D eigenvalue weighted by Crippen LogP contribution is 2.18. The zero-order chi connectivity index (χ0) is 9.90. The maximum absolute atomic E-state index is 11.5. The van der Waals surface area contributed by atoms with Gasteiger partial charge in [-0.15, -0.1) is 17.5 Å². The van der Waals surface area contributed by atoms with Crippen LogP contribution in [0.4, 0.5) is 0 Å². The summed E-state index contributed by atoms with van der Waals surface area (Å²) in [7, 11) is 0. The van der Waals surface area contributed by atoms with E-state index >= 15 is 0 Å². The molecule has 84 valence electrons. The Morgan fingerprint density at radius 3 is 2.07 bits per heavy atom. The van der Waals surface area contributed by atoms with E-state index < -0.39 is 5.41 Å². The molecule has 0 radical (unpaired) electrons. The Hall–Kier alpha value is -0.280. The number of hydroxylamine groups is 2. The van der Waals surface area contributed by atoms with Gasteiger partial charge in [-0.05, 0) is 33.6 Å². The van der Waals surface area contributed by atoms with Crippen LogP contribution in [-0.2, 0) is 9.63 Å². The highest BCUT2D eigenvalue weighted by Gasteiger charge is 2.26. The first-order valence-corrected chi connectivity index (χ1v) is 4.97. The highest BCUT2D eigenvalue weighted by molar-refractivity contribution is 5.85. The first kappa shape index (κ1) is 13.7. The maximum Gasteiger partial charge on any atom is 0.330 e. The first-order chi connectivity index (χ1) is 6.00. The number of piperidine rings is 1. The fourth-order valence-corrected chi connectivity index (χ4v) is 1.21. The number of carbonyl (C=O) groups is 1. The molecule has 0 aliphatic carbocycles. The van der Waals surface area contributed by atoms with E-state index in [0.29, 0.717) is 0 Å². The first-order valence-electron chi connectivity index (χ1n) is 4.97. The van der Waals surface area contributed by atoms with E-state index in [1.165, 1.54) is 6.42 Å². The Balaban J connectivity index is 0.00000169. The van der Waals surface area contributed by atoms with Crippen LogP contribution in [0.5, 0.6) is 0 Å². The molecule has 0 aromatic rings. The van der Waals surface area contributed by atoms with E-state index in [0.717, 1.165) is 25.9 Å². The van der Waals surface area contributed by atoms with Gasteiger partial charge in [0, 0.05) is 13.1 Å². The molecule has 1 saturated heterocycles. The van der Waals surface area contributed by atoms with E-state index in [2.05, 4.69) is 0 Å². The van der Waals surface area contributed by atoms with Crippen LogP contribution in [0.3, 0.4) is 0 Å². The molecular weight excluding hydrogens is 202 g/mol. The Morgan fingerprint density at radius 2 is 1.64 bits per heavy atom. The van der Waals surface area contributed by atoms with Crippen LogP contribution in [0.25, 0.3) is 0 Å². The van der Waals surface area contributed by atoms with Crippen molar-refractivity contribution in [1.82, 2.24) is 5.06 Å². The van der Waals surface area contributed by atoms with Gasteiger partial charge in [-0.3, -0.25) is 0 Å². The standard InChI is InChI=1S/C10H19NO2.ClH/c1-10(2,3)9(12)13-11-7-5-4-6-8-11;/h4-8H2,1-3H3;1H. The Labute approximate surface area is 92.2 Å². The normalized spacial score (nSPS) is 18.5. The summed E-state index contributed by atoms with van der Waals surface area (Å²) in [4.78, 5) is 16.7. The van der Waals surface area contributed by atoms with Gasteiger partial charge in [-0.2, -0.15) is 0 Å². The molecule has 0 aromatic carbocycles. The lowest BCUT2D eigenvalue weighted by atomic mass is 9.98. The molecule has 0 N–H and O–H groups in total. The molecule has 1 heterocycles. The van der Waals surface area contributed by atoms with Crippen LogP contribution in [-0.4, -0.2) is 24.1 Å². The third kappa shape index (κ3) is 4.29. The quantitative estimate of drug-likeness (QED) is 0.681. The number of nitrogens with zero attached hydrogens (tertiary/aromatic N) is 1. The summed E-state index contributed by atoms with van der Waals surface area (Å²) in [5.74, 6) is -0.130. The summed E-state index contributed by atoms with van der Waals surface area (Å²) in [5, 5.41) is 1.79. The molecule has 4 heteroatoms. The predicted molar refractivity (Wildman–Crippen MR) is 58.2 cm³/mol. The van der Waals surface area contributed by atoms with E-state index in [1.807, 2.05) is 20.8 Å². The van der Waals surface area contributed by atoms with Crippen molar-refractivity contribution in [2.75, 3.05) is 13.1 Å². The number of hydrogen-bond donors (Lipinski definition) is 0. The summed E-state index contributed by atoms with van der Waals surface area (Å²) in [6, 6.07) is 0. The summed E-state index contributed by atoms with van der Waals surface area (Å²) < 4.78 is 0. The molecule has 0 bridgehead atoms. The van der Waals surface area contributed by atoms with Gasteiger partial charge in [-0.1, -0.05) is 6.42 Å². The van der Waals surface area contributed by atoms with Crippen molar-refractivity contribution < 1.29 is 9.63 Å². The van der Waals surface area contributed by atoms with Crippen molar-refractivity contribution >= 4 is 18.4 Å². The Bertz CT molecular complexity index is 183. The van der Waals surface area contributed by atoms with Gasteiger partial charge in [0.05, 0.1) is 5.41 Å². The maximum atomic E-state index is 11.5. The van der Waals surface area contributed by atoms with Crippen molar-refractivity contribution in [3.05, 3.63) is 0 Å². The average molecular weight is 222 g/mol. The van der Waals surface area contributed by atoms with Crippen LogP contribution in [0.1, 0.15) is 40.0 Å². The van der Waals surface area contributed by atoms with E-state index in [4.69, 9.17) is 4.84 Å². The lowest BCUT2D eigenvalue weighted by molar-refractivity contribution is -0.203. The molecule has 0 spiro atoms. The SMILES string of the molecule is CC(C)(C)C(=O)ON1CCCCC1.Cl. The lowest BCUT2D eigenvalue weighted by Gasteiger charge is -2.27. The summed E-state index contributed by atoms with van der Waals surface area (Å²) in [6.45, 7) is 7.40. The van der Waals surface area contributed by atoms with Gasteiger partial charge >= 0.3 is 5.97 Å². The van der Waals surface area contributed by atoms with Crippen molar-refractivity contribution in [1.29, 1.82) is 0 Å². The van der Waals surface area contributed by atoms with Crippen LogP contribution in [0.15, 0.2) is 0 Å². The number of carbonyl (C=O) groups excluding carboxylic acids is 1. The minimum atomic E-state index is -0.391. The average Bonchev–Trinajstić information content (AvgIpc) is 2.04. The monoisotopic (exact) mass is 221 g/mol. The van der Waals surface area contributed by atoms with Gasteiger partial charge in [0.1, 0.15) is 0 Å². The van der Waals surface area contributed by atoms with Crippen molar-refractivity contribution in [2.45, 2.75) is 40.0 Å². The molecule has 1 aliphatic rings. The predicted octanol–water partition coefficient (Wildman–Crippen LogP) is 2.40. The molecule has 0 aromatic heterocycles. The molecule has 14 heavy (non-hydrogen) atoms. The minimum absolute atomic E-state index is 0. The van der Waals surface area contributed by atoms with E-state index in [9.17, 15) is 4.79 Å². The van der Waals surface area contributed by atoms with Gasteiger partial charge < -0.3 is 4.84 Å². The molecular formula is C10H20ClNO2. The molecule has 3 nitrogen and oxygen atoms in total. The van der Waals surface area contributed by atoms with Crippen LogP contribution >= 0.6 is 12.4 Å². The van der Waals surface area contributed by atoms with Gasteiger partial charge in [-0.25, -0.2) is 4.79 Å². The highest BCUT2D eigenvalue weighted by atomic mass is 35.5. The van der Waals surface area contributed by atoms with Crippen molar-refractivity contribution in [3.63, 3.8) is 0 Å². The summed E-state index contributed by atoms with van der Waals surface area (Å²) >= 11 is 0. The molecule has 1 fully saturated rings. The smallest absolute Gasteiger partial charge is 0.330 e.